The van der Waals surface area contributed by atoms with Crippen LogP contribution in [0, 0.1) is 6.92 Å². The van der Waals surface area contributed by atoms with E-state index in [1.165, 1.54) is 11.1 Å². The highest BCUT2D eigenvalue weighted by atomic mass is 31.0. The van der Waals surface area contributed by atoms with Crippen LogP contribution >= 0.6 is 9.39 Å². The Balaban J connectivity index is 2.26. The molecule has 0 aliphatic heterocycles. The van der Waals surface area contributed by atoms with Crippen molar-refractivity contribution in [3.05, 3.63) is 90.5 Å². The van der Waals surface area contributed by atoms with Crippen LogP contribution in [0.5, 0.6) is 0 Å². The molecule has 1 atom stereocenters. The minimum Gasteiger partial charge on any atom is -0.326 e. The molecular formula is C20H22NP. The predicted molar refractivity (Wildman–Crippen MR) is 102 cm³/mol. The normalized spacial score (nSPS) is 11.7. The number of benzene rings is 2. The first-order chi connectivity index (χ1) is 10.7. The maximum absolute atomic E-state index is 3.78. The third-order valence-electron chi connectivity index (χ3n) is 3.43. The van der Waals surface area contributed by atoms with E-state index in [0.717, 1.165) is 16.9 Å². The van der Waals surface area contributed by atoms with Crippen molar-refractivity contribution in [3.63, 3.8) is 0 Å². The zero-order valence-electron chi connectivity index (χ0n) is 13.2. The van der Waals surface area contributed by atoms with Crippen LogP contribution in [-0.2, 0) is 0 Å². The van der Waals surface area contributed by atoms with Gasteiger partial charge >= 0.3 is 0 Å². The molecule has 0 amide bonds. The number of anilines is 2. The fourth-order valence-electron chi connectivity index (χ4n) is 2.22. The monoisotopic (exact) mass is 307 g/mol. The summed E-state index contributed by atoms with van der Waals surface area (Å²) >= 11 is 0. The van der Waals surface area contributed by atoms with Crippen LogP contribution in [0.2, 0.25) is 0 Å². The number of hydrogen-bond donors (Lipinski definition) is 0. The van der Waals surface area contributed by atoms with Crippen molar-refractivity contribution in [2.24, 2.45) is 0 Å². The molecule has 22 heavy (non-hydrogen) atoms. The van der Waals surface area contributed by atoms with E-state index in [-0.39, 0.29) is 0 Å². The van der Waals surface area contributed by atoms with Crippen LogP contribution in [0.4, 0.5) is 11.4 Å². The van der Waals surface area contributed by atoms with E-state index in [0.29, 0.717) is 0 Å². The highest BCUT2D eigenvalue weighted by molar-refractivity contribution is 7.19. The SMILES string of the molecule is C=C/C=C(\C=C/C)c1ccc(N(P)c2ccc(C)cc2)cc1. The lowest BCUT2D eigenvalue weighted by Crippen LogP contribution is -2.00. The van der Waals surface area contributed by atoms with Gasteiger partial charge < -0.3 is 4.67 Å². The molecule has 2 rings (SSSR count). The molecule has 0 aliphatic carbocycles. The fraction of sp³-hybridized carbons (Fsp3) is 0.100. The Labute approximate surface area is 135 Å². The van der Waals surface area contributed by atoms with Crippen LogP contribution in [-0.4, -0.2) is 0 Å². The molecule has 0 radical (unpaired) electrons. The first kappa shape index (κ1) is 16.3. The maximum Gasteiger partial charge on any atom is 0.0441 e. The van der Waals surface area contributed by atoms with E-state index >= 15 is 0 Å². The molecule has 1 nitrogen and oxygen atoms in total. The van der Waals surface area contributed by atoms with Crippen molar-refractivity contribution in [2.45, 2.75) is 13.8 Å². The van der Waals surface area contributed by atoms with Gasteiger partial charge in [-0.3, -0.25) is 0 Å². The fourth-order valence-corrected chi connectivity index (χ4v) is 2.57. The van der Waals surface area contributed by atoms with E-state index in [1.807, 2.05) is 25.2 Å². The molecule has 2 heteroatoms. The topological polar surface area (TPSA) is 3.24 Å². The van der Waals surface area contributed by atoms with Crippen molar-refractivity contribution >= 4 is 26.3 Å². The summed E-state index contributed by atoms with van der Waals surface area (Å²) in [6.45, 7) is 7.90. The maximum atomic E-state index is 3.78. The minimum absolute atomic E-state index is 1.14. The second kappa shape index (κ2) is 7.77. The molecule has 0 N–H and O–H groups in total. The van der Waals surface area contributed by atoms with Gasteiger partial charge in [-0.2, -0.15) is 0 Å². The van der Waals surface area contributed by atoms with Gasteiger partial charge in [0.1, 0.15) is 0 Å². The Morgan fingerprint density at radius 1 is 1.00 bits per heavy atom. The molecule has 0 bridgehead atoms. The Hall–Kier alpha value is -2.11. The lowest BCUT2D eigenvalue weighted by atomic mass is 10.0. The van der Waals surface area contributed by atoms with Crippen molar-refractivity contribution < 1.29 is 0 Å². The van der Waals surface area contributed by atoms with E-state index in [4.69, 9.17) is 0 Å². The number of allylic oxidation sites excluding steroid dienone is 5. The molecule has 2 aromatic rings. The van der Waals surface area contributed by atoms with Crippen LogP contribution in [0.15, 0.2) is 79.4 Å². The second-order valence-corrected chi connectivity index (χ2v) is 5.63. The van der Waals surface area contributed by atoms with Gasteiger partial charge in [-0.05, 0) is 58.6 Å². The largest absolute Gasteiger partial charge is 0.326 e. The Morgan fingerprint density at radius 3 is 2.05 bits per heavy atom. The lowest BCUT2D eigenvalue weighted by molar-refractivity contribution is 1.39. The smallest absolute Gasteiger partial charge is 0.0441 e. The number of nitrogens with zero attached hydrogens (tertiary/aromatic N) is 1. The average Bonchev–Trinajstić information content (AvgIpc) is 2.55. The summed E-state index contributed by atoms with van der Waals surface area (Å²) in [5.41, 5.74) is 5.90. The van der Waals surface area contributed by atoms with Gasteiger partial charge in [0.15, 0.2) is 0 Å². The molecule has 0 heterocycles. The highest BCUT2D eigenvalue weighted by Crippen LogP contribution is 2.30. The first-order valence-corrected chi connectivity index (χ1v) is 7.84. The molecule has 2 aromatic carbocycles. The lowest BCUT2D eigenvalue weighted by Gasteiger charge is -2.19. The van der Waals surface area contributed by atoms with Crippen LogP contribution in [0.3, 0.4) is 0 Å². The summed E-state index contributed by atoms with van der Waals surface area (Å²) in [6, 6.07) is 17.0. The molecule has 0 spiro atoms. The van der Waals surface area contributed by atoms with Crippen molar-refractivity contribution in [2.75, 3.05) is 4.67 Å². The summed E-state index contributed by atoms with van der Waals surface area (Å²) in [7, 11) is 2.77. The average molecular weight is 307 g/mol. The van der Waals surface area contributed by atoms with Crippen molar-refractivity contribution in [1.82, 2.24) is 0 Å². The summed E-state index contributed by atoms with van der Waals surface area (Å²) in [6.07, 6.45) is 7.97. The van der Waals surface area contributed by atoms with Crippen LogP contribution in [0.1, 0.15) is 18.1 Å². The molecule has 0 aliphatic rings. The standard InChI is InChI=1S/C20H22NP/c1-4-6-17(7-5-2)18-10-14-20(15-11-18)21(22)19-12-8-16(3)9-13-19/h4-15H,1,22H2,2-3H3/b7-5-,17-6+. The Kier molecular flexibility index (Phi) is 5.75. The van der Waals surface area contributed by atoms with E-state index in [1.54, 1.807) is 0 Å². The van der Waals surface area contributed by atoms with Gasteiger partial charge in [0.25, 0.3) is 0 Å². The Morgan fingerprint density at radius 2 is 1.55 bits per heavy atom. The summed E-state index contributed by atoms with van der Waals surface area (Å²) in [5.74, 6) is 0. The van der Waals surface area contributed by atoms with Crippen LogP contribution in [0.25, 0.3) is 5.57 Å². The van der Waals surface area contributed by atoms with Crippen LogP contribution < -0.4 is 4.67 Å². The molecule has 0 saturated heterocycles. The zero-order valence-corrected chi connectivity index (χ0v) is 14.3. The number of hydrogen-bond acceptors (Lipinski definition) is 1. The molecule has 1 unspecified atom stereocenters. The van der Waals surface area contributed by atoms with Gasteiger partial charge in [0.2, 0.25) is 0 Å². The van der Waals surface area contributed by atoms with Gasteiger partial charge in [-0.15, -0.1) is 0 Å². The number of rotatable bonds is 5. The minimum atomic E-state index is 1.14. The number of aryl methyl sites for hydroxylation is 1. The summed E-state index contributed by atoms with van der Waals surface area (Å²) in [4.78, 5) is 0. The molecule has 0 fully saturated rings. The summed E-state index contributed by atoms with van der Waals surface area (Å²) in [5, 5.41) is 0. The molecule has 112 valence electrons. The quantitative estimate of drug-likeness (QED) is 0.479. The third kappa shape index (κ3) is 3.96. The molecule has 0 aromatic heterocycles. The van der Waals surface area contributed by atoms with Crippen molar-refractivity contribution in [3.8, 4) is 0 Å². The van der Waals surface area contributed by atoms with Gasteiger partial charge in [-0.25, -0.2) is 0 Å². The second-order valence-electron chi connectivity index (χ2n) is 5.11. The predicted octanol–water partition coefficient (Wildman–Crippen LogP) is 6.07. The van der Waals surface area contributed by atoms with Crippen molar-refractivity contribution in [1.29, 1.82) is 0 Å². The third-order valence-corrected chi connectivity index (χ3v) is 4.03. The zero-order chi connectivity index (χ0) is 15.9. The van der Waals surface area contributed by atoms with E-state index in [9.17, 15) is 0 Å². The van der Waals surface area contributed by atoms with Gasteiger partial charge in [0, 0.05) is 11.4 Å². The molecular weight excluding hydrogens is 285 g/mol. The highest BCUT2D eigenvalue weighted by Gasteiger charge is 2.04. The van der Waals surface area contributed by atoms with Gasteiger partial charge in [-0.1, -0.05) is 60.7 Å². The molecule has 0 saturated carbocycles. The van der Waals surface area contributed by atoms with Gasteiger partial charge in [0.05, 0.1) is 0 Å². The van der Waals surface area contributed by atoms with E-state index in [2.05, 4.69) is 82.2 Å². The Bertz CT molecular complexity index is 679. The summed E-state index contributed by atoms with van der Waals surface area (Å²) < 4.78 is 2.11. The van der Waals surface area contributed by atoms with E-state index < -0.39 is 0 Å². The first-order valence-electron chi connectivity index (χ1n) is 7.33.